The van der Waals surface area contributed by atoms with Gasteiger partial charge in [-0.3, -0.25) is 9.59 Å². The van der Waals surface area contributed by atoms with E-state index in [2.05, 4.69) is 98.9 Å². The fourth-order valence-corrected chi connectivity index (χ4v) is 8.97. The van der Waals surface area contributed by atoms with E-state index >= 15 is 0 Å². The Hall–Kier alpha value is -3.32. The van der Waals surface area contributed by atoms with Gasteiger partial charge >= 0.3 is 11.9 Å². The molecule has 2 aliphatic heterocycles. The van der Waals surface area contributed by atoms with Crippen LogP contribution in [0, 0.1) is 0 Å². The summed E-state index contributed by atoms with van der Waals surface area (Å²) in [5.41, 5.74) is 0. The van der Waals surface area contributed by atoms with Crippen molar-refractivity contribution in [3.05, 3.63) is 85.1 Å². The summed E-state index contributed by atoms with van der Waals surface area (Å²) < 4.78 is 33.6. The highest BCUT2D eigenvalue weighted by molar-refractivity contribution is 5.70. The van der Waals surface area contributed by atoms with Crippen LogP contribution in [0.5, 0.6) is 0 Å². The molecule has 7 N–H and O–H groups in total. The number of rotatable bonds is 47. The van der Waals surface area contributed by atoms with Crippen LogP contribution in [-0.4, -0.2) is 142 Å². The normalized spacial score (nSPS) is 24.6. The van der Waals surface area contributed by atoms with E-state index in [-0.39, 0.29) is 19.4 Å². The van der Waals surface area contributed by atoms with Gasteiger partial charge in [0, 0.05) is 12.8 Å². The molecule has 2 rings (SSSR count). The Kier molecular flexibility index (Phi) is 43.9. The van der Waals surface area contributed by atoms with Gasteiger partial charge in [0.15, 0.2) is 18.7 Å². The van der Waals surface area contributed by atoms with E-state index < -0.39 is 99.3 Å². The van der Waals surface area contributed by atoms with Gasteiger partial charge in [-0.25, -0.2) is 0 Å². The third-order valence-electron chi connectivity index (χ3n) is 13.8. The molecule has 0 bridgehead atoms. The lowest BCUT2D eigenvalue weighted by Crippen LogP contribution is -2.61. The van der Waals surface area contributed by atoms with Gasteiger partial charge in [0.25, 0.3) is 0 Å². The molecule has 2 heterocycles. The first kappa shape index (κ1) is 70.8. The summed E-state index contributed by atoms with van der Waals surface area (Å²) in [4.78, 5) is 25.9. The zero-order valence-electron chi connectivity index (χ0n) is 47.9. The van der Waals surface area contributed by atoms with Crippen LogP contribution in [0.1, 0.15) is 206 Å². The zero-order chi connectivity index (χ0) is 56.7. The van der Waals surface area contributed by atoms with Crippen molar-refractivity contribution in [1.29, 1.82) is 0 Å². The number of ether oxygens (including phenoxy) is 6. The minimum atomic E-state index is -1.78. The van der Waals surface area contributed by atoms with Crippen molar-refractivity contribution in [2.45, 2.75) is 274 Å². The van der Waals surface area contributed by atoms with Crippen molar-refractivity contribution in [3.63, 3.8) is 0 Å². The lowest BCUT2D eigenvalue weighted by Gasteiger charge is -2.42. The molecule has 15 nitrogen and oxygen atoms in total. The Bertz CT molecular complexity index is 1670. The first-order chi connectivity index (χ1) is 38.0. The van der Waals surface area contributed by atoms with E-state index in [1.807, 2.05) is 0 Å². The number of carbonyl (C=O) groups is 2. The Morgan fingerprint density at radius 3 is 1.36 bits per heavy atom. The number of allylic oxidation sites excluding steroid dienone is 14. The van der Waals surface area contributed by atoms with Gasteiger partial charge in [-0.1, -0.05) is 189 Å². The molecule has 11 unspecified atom stereocenters. The SMILES string of the molecule is CCC=CCC=CCC=CCC=CCC=CCCCCCC(=O)OC(COC(=O)CCCC=CCCC=CCCCCCCCCCCCCCCCC)COC1OC(COC2OC(CO)C(O)C(O)C2O)C(O)C(O)C1O. The maximum absolute atomic E-state index is 13.1. The fourth-order valence-electron chi connectivity index (χ4n) is 8.97. The van der Waals surface area contributed by atoms with Gasteiger partial charge in [-0.15, -0.1) is 0 Å². The van der Waals surface area contributed by atoms with Crippen molar-refractivity contribution >= 4 is 11.9 Å². The lowest BCUT2D eigenvalue weighted by atomic mass is 9.98. The summed E-state index contributed by atoms with van der Waals surface area (Å²) in [5.74, 6) is -1.01. The maximum atomic E-state index is 13.1. The molecule has 0 amide bonds. The van der Waals surface area contributed by atoms with Gasteiger partial charge in [-0.2, -0.15) is 0 Å². The monoisotopic (exact) mass is 1100 g/mol. The second-order valence-electron chi connectivity index (χ2n) is 20.8. The van der Waals surface area contributed by atoms with Gasteiger partial charge in [0.1, 0.15) is 55.4 Å². The highest BCUT2D eigenvalue weighted by Crippen LogP contribution is 2.27. The molecule has 0 aromatic rings. The number of carbonyl (C=O) groups excluding carboxylic acids is 2. The van der Waals surface area contributed by atoms with E-state index in [4.69, 9.17) is 28.4 Å². The predicted molar refractivity (Wildman–Crippen MR) is 307 cm³/mol. The largest absolute Gasteiger partial charge is 0.462 e. The average molecular weight is 1100 g/mol. The van der Waals surface area contributed by atoms with Crippen LogP contribution < -0.4 is 0 Å². The predicted octanol–water partition coefficient (Wildman–Crippen LogP) is 10.7. The first-order valence-corrected chi connectivity index (χ1v) is 30.2. The molecule has 0 spiro atoms. The van der Waals surface area contributed by atoms with E-state index in [1.165, 1.54) is 89.9 Å². The number of hydrogen-bond donors (Lipinski definition) is 7. The molecule has 78 heavy (non-hydrogen) atoms. The van der Waals surface area contributed by atoms with E-state index in [9.17, 15) is 45.3 Å². The molecule has 0 aliphatic carbocycles. The van der Waals surface area contributed by atoms with Crippen molar-refractivity contribution in [1.82, 2.24) is 0 Å². The van der Waals surface area contributed by atoms with E-state index in [0.29, 0.717) is 19.3 Å². The zero-order valence-corrected chi connectivity index (χ0v) is 47.9. The Labute approximate surface area is 469 Å². The van der Waals surface area contributed by atoms with Gasteiger partial charge in [0.2, 0.25) is 0 Å². The van der Waals surface area contributed by atoms with Crippen LogP contribution in [0.2, 0.25) is 0 Å². The summed E-state index contributed by atoms with van der Waals surface area (Å²) in [7, 11) is 0. The molecule has 0 aromatic carbocycles. The third kappa shape index (κ3) is 34.7. The Balaban J connectivity index is 1.77. The van der Waals surface area contributed by atoms with Crippen LogP contribution in [0.4, 0.5) is 0 Å². The topological polar surface area (TPSA) is 231 Å². The standard InChI is InChI=1S/C63H106O15/c1-3-5-7-9-11-13-15-17-19-21-23-24-25-26-28-29-31-33-35-37-39-41-43-45-54(65)73-48-51(76-55(66)46-44-42-40-38-36-34-32-30-27-22-20-18-16-14-12-10-8-6-4-2)49-74-62-61(72)59(70)57(68)53(78-62)50-75-63-60(71)58(69)56(67)52(47-64)77-63/h6,8,12,14,18,20,27,29-31,34,36-37,39,51-53,56-64,67-72H,3-5,7,9-11,13,15-17,19,21-26,28,32-33,35,38,40-50H2,1-2H3. The summed E-state index contributed by atoms with van der Waals surface area (Å²) in [6.45, 7) is 2.42. The number of hydrogen-bond acceptors (Lipinski definition) is 15. The number of esters is 2. The quantitative estimate of drug-likeness (QED) is 0.0171. The Morgan fingerprint density at radius 1 is 0.423 bits per heavy atom. The molecule has 448 valence electrons. The molecule has 0 radical (unpaired) electrons. The molecular formula is C63H106O15. The smallest absolute Gasteiger partial charge is 0.306 e. The second kappa shape index (κ2) is 48.4. The molecular weight excluding hydrogens is 997 g/mol. The number of aliphatic hydroxyl groups is 7. The molecule has 2 saturated heterocycles. The van der Waals surface area contributed by atoms with Gasteiger partial charge < -0.3 is 64.2 Å². The molecule has 0 saturated carbocycles. The van der Waals surface area contributed by atoms with Crippen molar-refractivity contribution in [3.8, 4) is 0 Å². The van der Waals surface area contributed by atoms with Crippen LogP contribution in [-0.2, 0) is 38.0 Å². The third-order valence-corrected chi connectivity index (χ3v) is 13.8. The lowest BCUT2D eigenvalue weighted by molar-refractivity contribution is -0.332. The minimum absolute atomic E-state index is 0.114. The Morgan fingerprint density at radius 2 is 0.833 bits per heavy atom. The van der Waals surface area contributed by atoms with Gasteiger partial charge in [0.05, 0.1) is 19.8 Å². The minimum Gasteiger partial charge on any atom is -0.462 e. The van der Waals surface area contributed by atoms with Crippen LogP contribution in [0.3, 0.4) is 0 Å². The van der Waals surface area contributed by atoms with Gasteiger partial charge in [-0.05, 0) is 89.9 Å². The van der Waals surface area contributed by atoms with E-state index in [0.717, 1.165) is 70.6 Å². The molecule has 2 fully saturated rings. The summed E-state index contributed by atoms with van der Waals surface area (Å²) in [6, 6.07) is 0. The molecule has 2 aliphatic rings. The summed E-state index contributed by atoms with van der Waals surface area (Å²) in [6.07, 6.45) is 44.8. The summed E-state index contributed by atoms with van der Waals surface area (Å²) >= 11 is 0. The van der Waals surface area contributed by atoms with Crippen molar-refractivity contribution < 1.29 is 73.8 Å². The molecule has 11 atom stereocenters. The van der Waals surface area contributed by atoms with E-state index in [1.54, 1.807) is 0 Å². The highest BCUT2D eigenvalue weighted by Gasteiger charge is 2.47. The average Bonchev–Trinajstić information content (AvgIpc) is 3.43. The van der Waals surface area contributed by atoms with Crippen molar-refractivity contribution in [2.24, 2.45) is 0 Å². The molecule has 15 heteroatoms. The molecule has 0 aromatic heterocycles. The maximum Gasteiger partial charge on any atom is 0.306 e. The second-order valence-corrected chi connectivity index (χ2v) is 20.8. The van der Waals surface area contributed by atoms with Crippen LogP contribution in [0.15, 0.2) is 85.1 Å². The first-order valence-electron chi connectivity index (χ1n) is 30.2. The van der Waals surface area contributed by atoms with Crippen LogP contribution in [0.25, 0.3) is 0 Å². The highest BCUT2D eigenvalue weighted by atomic mass is 16.7. The van der Waals surface area contributed by atoms with Crippen LogP contribution >= 0.6 is 0 Å². The fraction of sp³-hybridized carbons (Fsp3) is 0.746. The summed E-state index contributed by atoms with van der Waals surface area (Å²) in [5, 5.41) is 72.3. The number of aliphatic hydroxyl groups excluding tert-OH is 7. The van der Waals surface area contributed by atoms with Crippen molar-refractivity contribution in [2.75, 3.05) is 26.4 Å². The number of unbranched alkanes of at least 4 members (excludes halogenated alkanes) is 19.